The summed E-state index contributed by atoms with van der Waals surface area (Å²) in [5, 5.41) is 26.0. The number of aromatic amines is 1. The smallest absolute Gasteiger partial charge is 0.248 e. The van der Waals surface area contributed by atoms with Crippen LogP contribution in [0.5, 0.6) is 0 Å². The van der Waals surface area contributed by atoms with E-state index in [-0.39, 0.29) is 50.7 Å². The van der Waals surface area contributed by atoms with Gasteiger partial charge in [0.15, 0.2) is 0 Å². The number of hydrogen-bond acceptors (Lipinski definition) is 9. The second-order valence-corrected chi connectivity index (χ2v) is 19.2. The van der Waals surface area contributed by atoms with Crippen LogP contribution in [-0.2, 0) is 44.8 Å². The maximum atomic E-state index is 14.6. The third-order valence-electron chi connectivity index (χ3n) is 13.6. The number of nitrogens with one attached hydrogen (secondary N) is 6. The van der Waals surface area contributed by atoms with Crippen LogP contribution >= 0.6 is 0 Å². The number of aliphatic hydroxyl groups excluding tert-OH is 1. The van der Waals surface area contributed by atoms with Gasteiger partial charge in [-0.3, -0.25) is 38.4 Å². The molecule has 4 aliphatic heterocycles. The van der Waals surface area contributed by atoms with Crippen molar-refractivity contribution in [1.29, 1.82) is 0 Å². The highest BCUT2D eigenvalue weighted by Crippen LogP contribution is 2.26. The summed E-state index contributed by atoms with van der Waals surface area (Å²) >= 11 is 0. The molecule has 0 saturated carbocycles. The predicted octanol–water partition coefficient (Wildman–Crippen LogP) is 1.25. The molecule has 2 aromatic rings. The highest BCUT2D eigenvalue weighted by molar-refractivity contribution is 6.00. The van der Waals surface area contributed by atoms with E-state index < -0.39 is 108 Å². The van der Waals surface area contributed by atoms with Crippen LogP contribution < -0.4 is 26.6 Å². The lowest BCUT2D eigenvalue weighted by molar-refractivity contribution is -0.147. The first-order chi connectivity index (χ1) is 30.9. The number of carbonyl (C=O) groups is 8. The van der Waals surface area contributed by atoms with Gasteiger partial charge in [-0.05, 0) is 81.3 Å². The standard InChI is InChI=1S/C47H69N9O9/c1-8-27(6)38-46(64)55-20-12-17-35(55)43(61)50-33(23-29-24-48-31-15-10-9-14-30(29)31)41(59)51-37(26(4)5)45(63)54-19-11-16-34(54)42(60)49-32(22-25(2)3)40(58)53-39(28(7)57)47(65)56-21-13-18-36(56)44(62)52-38/h9-10,14-15,24-28,32-39,48,57H,8,11-13,16-23H2,1-7H3,(H,49,60)(H,50,61)(H,51,59)(H,52,62)(H,53,58)/t27-,28+,32-,33-,34-,35-,36-,37-,38-,39-/m0/s1. The number of hydrogen-bond donors (Lipinski definition) is 7. The second-order valence-electron chi connectivity index (χ2n) is 19.2. The van der Waals surface area contributed by atoms with Crippen LogP contribution in [0.25, 0.3) is 10.9 Å². The number of fused-ring (bicyclic) bond motifs is 4. The lowest BCUT2D eigenvalue weighted by Gasteiger charge is -2.35. The number of aromatic nitrogens is 1. The first-order valence-electron chi connectivity index (χ1n) is 23.6. The van der Waals surface area contributed by atoms with E-state index in [1.54, 1.807) is 20.0 Å². The van der Waals surface area contributed by atoms with Gasteiger partial charge in [-0.1, -0.05) is 66.2 Å². The number of aliphatic hydroxyl groups is 1. The Kier molecular flexibility index (Phi) is 16.0. The zero-order valence-electron chi connectivity index (χ0n) is 38.9. The molecule has 4 aliphatic rings. The molecule has 0 unspecified atom stereocenters. The van der Waals surface area contributed by atoms with E-state index in [0.717, 1.165) is 16.5 Å². The van der Waals surface area contributed by atoms with Crippen molar-refractivity contribution in [2.45, 2.75) is 161 Å². The number of carbonyl (C=O) groups excluding carboxylic acids is 8. The van der Waals surface area contributed by atoms with E-state index in [2.05, 4.69) is 31.6 Å². The number of benzene rings is 1. The van der Waals surface area contributed by atoms with Crippen molar-refractivity contribution in [3.63, 3.8) is 0 Å². The molecule has 65 heavy (non-hydrogen) atoms. The van der Waals surface area contributed by atoms with Gasteiger partial charge in [-0.25, -0.2) is 0 Å². The molecule has 1 aromatic heterocycles. The molecule has 7 N–H and O–H groups in total. The molecular weight excluding hydrogens is 835 g/mol. The van der Waals surface area contributed by atoms with E-state index in [0.29, 0.717) is 38.5 Å². The van der Waals surface area contributed by atoms with Gasteiger partial charge in [0.05, 0.1) is 6.10 Å². The van der Waals surface area contributed by atoms with Crippen molar-refractivity contribution in [1.82, 2.24) is 46.3 Å². The molecule has 0 aliphatic carbocycles. The lowest BCUT2D eigenvalue weighted by Crippen LogP contribution is -2.63. The third-order valence-corrected chi connectivity index (χ3v) is 13.6. The maximum absolute atomic E-state index is 14.6. The monoisotopic (exact) mass is 904 g/mol. The van der Waals surface area contributed by atoms with Gasteiger partial charge in [0.2, 0.25) is 47.3 Å². The molecule has 5 heterocycles. The Morgan fingerprint density at radius 3 is 1.58 bits per heavy atom. The number of nitrogens with zero attached hydrogens (tertiary/aromatic N) is 3. The van der Waals surface area contributed by atoms with Gasteiger partial charge in [-0.2, -0.15) is 0 Å². The molecule has 0 radical (unpaired) electrons. The maximum Gasteiger partial charge on any atom is 0.248 e. The van der Waals surface area contributed by atoms with Gasteiger partial charge in [0.1, 0.15) is 48.3 Å². The Bertz CT molecular complexity index is 2100. The Morgan fingerprint density at radius 2 is 1.06 bits per heavy atom. The van der Waals surface area contributed by atoms with Crippen molar-refractivity contribution < 1.29 is 43.5 Å². The Balaban J connectivity index is 1.39. The average Bonchev–Trinajstić information content (AvgIpc) is 4.11. The number of para-hydroxylation sites is 1. The summed E-state index contributed by atoms with van der Waals surface area (Å²) in [7, 11) is 0. The fraction of sp³-hybridized carbons (Fsp3) is 0.660. The van der Waals surface area contributed by atoms with Gasteiger partial charge < -0.3 is 51.4 Å². The van der Waals surface area contributed by atoms with Crippen molar-refractivity contribution in [2.24, 2.45) is 17.8 Å². The minimum absolute atomic E-state index is 0.0490. The highest BCUT2D eigenvalue weighted by Gasteiger charge is 2.45. The van der Waals surface area contributed by atoms with Gasteiger partial charge in [-0.15, -0.1) is 0 Å². The zero-order chi connectivity index (χ0) is 47.3. The molecule has 0 bridgehead atoms. The van der Waals surface area contributed by atoms with Crippen LogP contribution in [0.1, 0.15) is 105 Å². The van der Waals surface area contributed by atoms with E-state index in [1.807, 2.05) is 52.0 Å². The molecule has 10 atom stereocenters. The minimum Gasteiger partial charge on any atom is -0.391 e. The zero-order valence-corrected chi connectivity index (χ0v) is 38.9. The Labute approximate surface area is 381 Å². The first-order valence-corrected chi connectivity index (χ1v) is 23.6. The molecule has 18 heteroatoms. The summed E-state index contributed by atoms with van der Waals surface area (Å²) in [5.74, 6) is -5.60. The molecule has 1 aromatic carbocycles. The largest absolute Gasteiger partial charge is 0.391 e. The highest BCUT2D eigenvalue weighted by atomic mass is 16.3. The molecule has 8 amide bonds. The summed E-state index contributed by atoms with van der Waals surface area (Å²) in [6.45, 7) is 13.0. The number of H-pyrrole nitrogens is 1. The van der Waals surface area contributed by atoms with Crippen LogP contribution in [0.3, 0.4) is 0 Å². The summed E-state index contributed by atoms with van der Waals surface area (Å²) < 4.78 is 0. The summed E-state index contributed by atoms with van der Waals surface area (Å²) in [6.07, 6.45) is 3.42. The third kappa shape index (κ3) is 11.0. The predicted molar refractivity (Wildman–Crippen MR) is 241 cm³/mol. The number of amides is 8. The normalized spacial score (nSPS) is 29.2. The quantitative estimate of drug-likeness (QED) is 0.202. The fourth-order valence-electron chi connectivity index (χ4n) is 9.76. The van der Waals surface area contributed by atoms with E-state index in [9.17, 15) is 43.5 Å². The number of rotatable bonds is 8. The first kappa shape index (κ1) is 48.9. The van der Waals surface area contributed by atoms with Crippen LogP contribution in [0, 0.1) is 17.8 Å². The summed E-state index contributed by atoms with van der Waals surface area (Å²) in [5.41, 5.74) is 1.58. The van der Waals surface area contributed by atoms with Crippen LogP contribution in [0.2, 0.25) is 0 Å². The topological polar surface area (TPSA) is 242 Å². The fourth-order valence-corrected chi connectivity index (χ4v) is 9.76. The van der Waals surface area contributed by atoms with Crippen molar-refractivity contribution in [2.75, 3.05) is 19.6 Å². The average molecular weight is 904 g/mol. The van der Waals surface area contributed by atoms with Gasteiger partial charge >= 0.3 is 0 Å². The van der Waals surface area contributed by atoms with Crippen LogP contribution in [0.4, 0.5) is 0 Å². The summed E-state index contributed by atoms with van der Waals surface area (Å²) in [4.78, 5) is 122. The molecule has 0 spiro atoms. The molecule has 18 nitrogen and oxygen atoms in total. The molecular formula is C47H69N9O9. The van der Waals surface area contributed by atoms with Crippen molar-refractivity contribution in [3.8, 4) is 0 Å². The van der Waals surface area contributed by atoms with Crippen LogP contribution in [0.15, 0.2) is 30.5 Å². The van der Waals surface area contributed by atoms with E-state index >= 15 is 0 Å². The minimum atomic E-state index is -1.47. The van der Waals surface area contributed by atoms with Crippen LogP contribution in [-0.4, -0.2) is 146 Å². The second kappa shape index (κ2) is 21.2. The van der Waals surface area contributed by atoms with Crippen molar-refractivity contribution >= 4 is 58.2 Å². The lowest BCUT2D eigenvalue weighted by atomic mass is 9.96. The molecule has 4 fully saturated rings. The molecule has 356 valence electrons. The summed E-state index contributed by atoms with van der Waals surface area (Å²) in [6, 6.07) is -1.37. The van der Waals surface area contributed by atoms with E-state index in [4.69, 9.17) is 0 Å². The Hall–Kier alpha value is -5.52. The Morgan fingerprint density at radius 1 is 0.600 bits per heavy atom. The molecule has 4 saturated heterocycles. The molecule has 6 rings (SSSR count). The van der Waals surface area contributed by atoms with Crippen molar-refractivity contribution in [3.05, 3.63) is 36.0 Å². The van der Waals surface area contributed by atoms with Gasteiger partial charge in [0.25, 0.3) is 0 Å². The SMILES string of the molecule is CC[C@H](C)[C@@H]1NC(=O)[C@@H]2CCCN2C(=O)[C@H]([C@@H](C)O)NC(=O)[C@H](CC(C)C)NC(=O)[C@@H]2CCCN2C(=O)[C@H](C(C)C)NC(=O)[C@H](Cc2c[nH]c3ccccc23)NC(=O)[C@@H]2CCCN2C1=O. The van der Waals surface area contributed by atoms with E-state index in [1.165, 1.54) is 21.6 Å². The van der Waals surface area contributed by atoms with Gasteiger partial charge in [0, 0.05) is 43.2 Å².